The molecule has 2 aromatic rings. The fourth-order valence-corrected chi connectivity index (χ4v) is 3.67. The van der Waals surface area contributed by atoms with Crippen LogP contribution in [0.4, 0.5) is 0 Å². The van der Waals surface area contributed by atoms with E-state index in [1.54, 1.807) is 23.5 Å². The van der Waals surface area contributed by atoms with Crippen molar-refractivity contribution in [3.8, 4) is 0 Å². The van der Waals surface area contributed by atoms with Crippen molar-refractivity contribution < 1.29 is 9.21 Å². The zero-order chi connectivity index (χ0) is 13.1. The number of rotatable bonds is 4. The Bertz CT molecular complexity index is 512. The number of hydrogen-bond donors (Lipinski definition) is 1. The Kier molecular flexibility index (Phi) is 3.69. The van der Waals surface area contributed by atoms with E-state index in [0.29, 0.717) is 11.7 Å². The van der Waals surface area contributed by atoms with Gasteiger partial charge in [0, 0.05) is 4.88 Å². The lowest BCUT2D eigenvalue weighted by Gasteiger charge is -2.23. The van der Waals surface area contributed by atoms with Gasteiger partial charge in [-0.05, 0) is 42.3 Å². The minimum absolute atomic E-state index is 0.115. The van der Waals surface area contributed by atoms with Gasteiger partial charge < -0.3 is 9.73 Å². The van der Waals surface area contributed by atoms with Crippen molar-refractivity contribution in [3.05, 3.63) is 46.5 Å². The Hall–Kier alpha value is -1.55. The molecule has 19 heavy (non-hydrogen) atoms. The Labute approximate surface area is 116 Å². The van der Waals surface area contributed by atoms with Gasteiger partial charge in [0.05, 0.1) is 12.3 Å². The number of nitrogens with one attached hydrogen (secondary N) is 1. The molecule has 0 aromatic carbocycles. The molecular weight excluding hydrogens is 258 g/mol. The van der Waals surface area contributed by atoms with Crippen LogP contribution in [0.25, 0.3) is 0 Å². The molecule has 0 bridgehead atoms. The second-order valence-corrected chi connectivity index (χ2v) is 5.97. The molecule has 1 saturated carbocycles. The molecule has 1 aliphatic carbocycles. The number of thiophene rings is 1. The van der Waals surface area contributed by atoms with E-state index in [1.807, 2.05) is 6.07 Å². The number of hydrogen-bond acceptors (Lipinski definition) is 3. The Balaban J connectivity index is 1.77. The largest absolute Gasteiger partial charge is 0.459 e. The summed E-state index contributed by atoms with van der Waals surface area (Å²) in [7, 11) is 0. The van der Waals surface area contributed by atoms with Crippen LogP contribution in [0.2, 0.25) is 0 Å². The number of furan rings is 1. The minimum atomic E-state index is -0.115. The molecule has 2 aromatic heterocycles. The number of amides is 1. The number of carbonyl (C=O) groups excluding carboxylic acids is 1. The topological polar surface area (TPSA) is 42.2 Å². The van der Waals surface area contributed by atoms with Crippen molar-refractivity contribution in [1.82, 2.24) is 5.32 Å². The van der Waals surface area contributed by atoms with E-state index in [4.69, 9.17) is 4.42 Å². The van der Waals surface area contributed by atoms with Crippen molar-refractivity contribution in [2.24, 2.45) is 5.92 Å². The van der Waals surface area contributed by atoms with Gasteiger partial charge in [-0.25, -0.2) is 0 Å². The van der Waals surface area contributed by atoms with Gasteiger partial charge in [0.25, 0.3) is 5.91 Å². The van der Waals surface area contributed by atoms with E-state index >= 15 is 0 Å². The molecule has 1 fully saturated rings. The SMILES string of the molecule is O=C(N[C@@H](c1cccs1)C1CCCC1)c1ccco1. The maximum atomic E-state index is 12.2. The van der Waals surface area contributed by atoms with Crippen LogP contribution in [0.1, 0.15) is 47.2 Å². The molecule has 1 N–H and O–H groups in total. The highest BCUT2D eigenvalue weighted by Gasteiger charge is 2.29. The lowest BCUT2D eigenvalue weighted by molar-refractivity contribution is 0.0894. The first-order valence-corrected chi connectivity index (χ1v) is 7.60. The number of carbonyl (C=O) groups is 1. The summed E-state index contributed by atoms with van der Waals surface area (Å²) in [6, 6.07) is 7.72. The summed E-state index contributed by atoms with van der Waals surface area (Å²) < 4.78 is 5.17. The average Bonchev–Trinajstić information content (AvgIpc) is 3.17. The first kappa shape index (κ1) is 12.5. The van der Waals surface area contributed by atoms with Gasteiger partial charge in [-0.1, -0.05) is 18.9 Å². The van der Waals surface area contributed by atoms with E-state index in [1.165, 1.54) is 36.8 Å². The lowest BCUT2D eigenvalue weighted by Crippen LogP contribution is -2.32. The zero-order valence-corrected chi connectivity index (χ0v) is 11.5. The van der Waals surface area contributed by atoms with Crippen LogP contribution in [0, 0.1) is 5.92 Å². The van der Waals surface area contributed by atoms with Crippen LogP contribution in [-0.4, -0.2) is 5.91 Å². The monoisotopic (exact) mass is 275 g/mol. The standard InChI is InChI=1S/C15H17NO2S/c17-15(12-7-3-9-18-12)16-14(11-5-1-2-6-11)13-8-4-10-19-13/h3-4,7-11,14H,1-2,5-6H2,(H,16,17)/t14-/m1/s1. The summed E-state index contributed by atoms with van der Waals surface area (Å²) in [5.41, 5.74) is 0. The van der Waals surface area contributed by atoms with Crippen LogP contribution in [0.5, 0.6) is 0 Å². The molecule has 0 saturated heterocycles. The van der Waals surface area contributed by atoms with Gasteiger partial charge in [-0.3, -0.25) is 4.79 Å². The highest BCUT2D eigenvalue weighted by molar-refractivity contribution is 7.10. The lowest BCUT2D eigenvalue weighted by atomic mass is 9.96. The molecule has 2 heterocycles. The predicted octanol–water partition coefficient (Wildman–Crippen LogP) is 4.00. The molecule has 0 unspecified atom stereocenters. The molecule has 0 spiro atoms. The summed E-state index contributed by atoms with van der Waals surface area (Å²) in [5, 5.41) is 5.21. The van der Waals surface area contributed by atoms with E-state index < -0.39 is 0 Å². The third-order valence-electron chi connectivity index (χ3n) is 3.75. The van der Waals surface area contributed by atoms with Crippen LogP contribution < -0.4 is 5.32 Å². The van der Waals surface area contributed by atoms with E-state index in [2.05, 4.69) is 16.8 Å². The third kappa shape index (κ3) is 2.73. The van der Waals surface area contributed by atoms with Crippen LogP contribution in [-0.2, 0) is 0 Å². The molecule has 1 amide bonds. The van der Waals surface area contributed by atoms with Gasteiger partial charge >= 0.3 is 0 Å². The summed E-state index contributed by atoms with van der Waals surface area (Å²) in [6.45, 7) is 0. The molecule has 4 heteroatoms. The predicted molar refractivity (Wildman–Crippen MR) is 75.2 cm³/mol. The maximum Gasteiger partial charge on any atom is 0.287 e. The molecule has 1 atom stereocenters. The molecule has 0 radical (unpaired) electrons. The van der Waals surface area contributed by atoms with Gasteiger partial charge in [0.2, 0.25) is 0 Å². The Morgan fingerprint density at radius 1 is 1.32 bits per heavy atom. The first-order chi connectivity index (χ1) is 9.34. The maximum absolute atomic E-state index is 12.2. The third-order valence-corrected chi connectivity index (χ3v) is 4.71. The second-order valence-electron chi connectivity index (χ2n) is 4.99. The summed E-state index contributed by atoms with van der Waals surface area (Å²) in [4.78, 5) is 13.4. The van der Waals surface area contributed by atoms with E-state index in [9.17, 15) is 4.79 Å². The second kappa shape index (κ2) is 5.61. The van der Waals surface area contributed by atoms with Crippen molar-refractivity contribution in [2.75, 3.05) is 0 Å². The van der Waals surface area contributed by atoms with Crippen LogP contribution >= 0.6 is 11.3 Å². The molecule has 0 aliphatic heterocycles. The van der Waals surface area contributed by atoms with Crippen LogP contribution in [0.3, 0.4) is 0 Å². The highest BCUT2D eigenvalue weighted by Crippen LogP contribution is 2.37. The summed E-state index contributed by atoms with van der Waals surface area (Å²) >= 11 is 1.71. The van der Waals surface area contributed by atoms with Crippen molar-refractivity contribution >= 4 is 17.2 Å². The molecular formula is C15H17NO2S. The van der Waals surface area contributed by atoms with Gasteiger partial charge in [0.15, 0.2) is 5.76 Å². The first-order valence-electron chi connectivity index (χ1n) is 6.72. The fraction of sp³-hybridized carbons (Fsp3) is 0.400. The Morgan fingerprint density at radius 3 is 2.79 bits per heavy atom. The van der Waals surface area contributed by atoms with Gasteiger partial charge in [0.1, 0.15) is 0 Å². The van der Waals surface area contributed by atoms with Gasteiger partial charge in [-0.15, -0.1) is 11.3 Å². The summed E-state index contributed by atoms with van der Waals surface area (Å²) in [6.07, 6.45) is 6.46. The van der Waals surface area contributed by atoms with Crippen LogP contribution in [0.15, 0.2) is 40.3 Å². The Morgan fingerprint density at radius 2 is 2.16 bits per heavy atom. The molecule has 3 rings (SSSR count). The minimum Gasteiger partial charge on any atom is -0.459 e. The molecule has 100 valence electrons. The van der Waals surface area contributed by atoms with Crippen molar-refractivity contribution in [1.29, 1.82) is 0 Å². The van der Waals surface area contributed by atoms with Crippen molar-refractivity contribution in [2.45, 2.75) is 31.7 Å². The smallest absolute Gasteiger partial charge is 0.287 e. The van der Waals surface area contributed by atoms with Crippen molar-refractivity contribution in [3.63, 3.8) is 0 Å². The molecule has 3 nitrogen and oxygen atoms in total. The van der Waals surface area contributed by atoms with E-state index in [0.717, 1.165) is 0 Å². The van der Waals surface area contributed by atoms with E-state index in [-0.39, 0.29) is 11.9 Å². The normalized spacial score (nSPS) is 17.5. The fourth-order valence-electron chi connectivity index (χ4n) is 2.80. The molecule has 1 aliphatic rings. The average molecular weight is 275 g/mol. The summed E-state index contributed by atoms with van der Waals surface area (Å²) in [5.74, 6) is 0.826. The highest BCUT2D eigenvalue weighted by atomic mass is 32.1. The quantitative estimate of drug-likeness (QED) is 0.916. The zero-order valence-electron chi connectivity index (χ0n) is 10.7. The van der Waals surface area contributed by atoms with Gasteiger partial charge in [-0.2, -0.15) is 0 Å².